The van der Waals surface area contributed by atoms with E-state index in [2.05, 4.69) is 46.7 Å². The first kappa shape index (κ1) is 24.2. The standard InChI is InChI=1S/C28H33N3O2S/c1-21-7-5-15-31(19-21)20-24-13-11-23(12-14-24)18-29-27(32)25(17-22-8-3-2-4-9-22)30-28(33)26-10-6-16-34-26/h2-4,6,8-14,16,21,25H,5,7,15,17-20H2,1H3,(H,29,32)(H,30,33). The Balaban J connectivity index is 1.34. The van der Waals surface area contributed by atoms with E-state index in [1.54, 1.807) is 6.07 Å². The third-order valence-corrected chi connectivity index (χ3v) is 7.16. The zero-order valence-electron chi connectivity index (χ0n) is 19.7. The molecule has 1 fully saturated rings. The fourth-order valence-electron chi connectivity index (χ4n) is 4.46. The van der Waals surface area contributed by atoms with E-state index < -0.39 is 6.04 Å². The van der Waals surface area contributed by atoms with Gasteiger partial charge in [0.25, 0.3) is 5.91 Å². The summed E-state index contributed by atoms with van der Waals surface area (Å²) in [5, 5.41) is 7.79. The molecule has 5 nitrogen and oxygen atoms in total. The van der Waals surface area contributed by atoms with Crippen LogP contribution >= 0.6 is 11.3 Å². The van der Waals surface area contributed by atoms with Crippen LogP contribution < -0.4 is 10.6 Å². The van der Waals surface area contributed by atoms with Crippen LogP contribution in [0.25, 0.3) is 0 Å². The van der Waals surface area contributed by atoms with E-state index in [0.29, 0.717) is 17.8 Å². The largest absolute Gasteiger partial charge is 0.350 e. The Morgan fingerprint density at radius 3 is 2.47 bits per heavy atom. The maximum Gasteiger partial charge on any atom is 0.262 e. The summed E-state index contributed by atoms with van der Waals surface area (Å²) in [6.07, 6.45) is 3.05. The van der Waals surface area contributed by atoms with Gasteiger partial charge in [0.1, 0.15) is 6.04 Å². The van der Waals surface area contributed by atoms with E-state index in [4.69, 9.17) is 0 Å². The molecule has 1 aromatic heterocycles. The summed E-state index contributed by atoms with van der Waals surface area (Å²) >= 11 is 1.37. The number of hydrogen-bond acceptors (Lipinski definition) is 4. The molecular formula is C28H33N3O2S. The van der Waals surface area contributed by atoms with E-state index in [0.717, 1.165) is 30.1 Å². The van der Waals surface area contributed by atoms with Gasteiger partial charge in [0.2, 0.25) is 5.91 Å². The minimum Gasteiger partial charge on any atom is -0.350 e. The average Bonchev–Trinajstić information content (AvgIpc) is 3.39. The van der Waals surface area contributed by atoms with Crippen LogP contribution in [0.3, 0.4) is 0 Å². The summed E-state index contributed by atoms with van der Waals surface area (Å²) in [5.74, 6) is 0.370. The summed E-state index contributed by atoms with van der Waals surface area (Å²) in [5.41, 5.74) is 3.35. The van der Waals surface area contributed by atoms with Gasteiger partial charge in [-0.1, -0.05) is 67.6 Å². The first-order valence-corrected chi connectivity index (χ1v) is 12.9. The lowest BCUT2D eigenvalue weighted by Crippen LogP contribution is -2.47. The fourth-order valence-corrected chi connectivity index (χ4v) is 5.09. The molecule has 0 aliphatic carbocycles. The van der Waals surface area contributed by atoms with E-state index >= 15 is 0 Å². The van der Waals surface area contributed by atoms with Gasteiger partial charge in [-0.15, -0.1) is 11.3 Å². The minimum atomic E-state index is -0.641. The van der Waals surface area contributed by atoms with Crippen LogP contribution in [0.15, 0.2) is 72.1 Å². The number of likely N-dealkylation sites (tertiary alicyclic amines) is 1. The monoisotopic (exact) mass is 475 g/mol. The van der Waals surface area contributed by atoms with Gasteiger partial charge in [0.05, 0.1) is 4.88 Å². The molecule has 2 heterocycles. The third-order valence-electron chi connectivity index (χ3n) is 6.29. The lowest BCUT2D eigenvalue weighted by molar-refractivity contribution is -0.123. The Morgan fingerprint density at radius 2 is 1.76 bits per heavy atom. The summed E-state index contributed by atoms with van der Waals surface area (Å²) in [7, 11) is 0. The van der Waals surface area contributed by atoms with E-state index in [9.17, 15) is 9.59 Å². The van der Waals surface area contributed by atoms with Crippen molar-refractivity contribution in [3.05, 3.63) is 93.7 Å². The Morgan fingerprint density at radius 1 is 1.00 bits per heavy atom. The number of benzene rings is 2. The van der Waals surface area contributed by atoms with Gasteiger partial charge >= 0.3 is 0 Å². The van der Waals surface area contributed by atoms with Gasteiger partial charge in [-0.2, -0.15) is 0 Å². The Hall–Kier alpha value is -2.96. The van der Waals surface area contributed by atoms with Gasteiger partial charge in [-0.3, -0.25) is 14.5 Å². The van der Waals surface area contributed by atoms with Crippen molar-refractivity contribution >= 4 is 23.2 Å². The maximum absolute atomic E-state index is 13.1. The Bertz CT molecular complexity index is 1050. The molecule has 0 bridgehead atoms. The molecule has 1 aliphatic heterocycles. The zero-order valence-corrected chi connectivity index (χ0v) is 20.5. The van der Waals surface area contributed by atoms with Gasteiger partial charge in [-0.05, 0) is 53.4 Å². The van der Waals surface area contributed by atoms with Crippen molar-refractivity contribution in [2.45, 2.75) is 45.3 Å². The van der Waals surface area contributed by atoms with Crippen molar-refractivity contribution in [2.24, 2.45) is 5.92 Å². The van der Waals surface area contributed by atoms with Crippen molar-refractivity contribution in [3.8, 4) is 0 Å². The lowest BCUT2D eigenvalue weighted by atomic mass is 9.99. The average molecular weight is 476 g/mol. The number of piperidine rings is 1. The first-order valence-electron chi connectivity index (χ1n) is 12.0. The maximum atomic E-state index is 13.1. The lowest BCUT2D eigenvalue weighted by Gasteiger charge is -2.30. The molecule has 6 heteroatoms. The molecule has 1 saturated heterocycles. The first-order chi connectivity index (χ1) is 16.6. The number of hydrogen-bond donors (Lipinski definition) is 2. The van der Waals surface area contributed by atoms with Crippen molar-refractivity contribution in [1.29, 1.82) is 0 Å². The van der Waals surface area contributed by atoms with Crippen LogP contribution in [0.4, 0.5) is 0 Å². The molecule has 2 N–H and O–H groups in total. The molecule has 2 amide bonds. The highest BCUT2D eigenvalue weighted by molar-refractivity contribution is 7.12. The van der Waals surface area contributed by atoms with Crippen molar-refractivity contribution in [2.75, 3.05) is 13.1 Å². The second-order valence-electron chi connectivity index (χ2n) is 9.21. The fraction of sp³-hybridized carbons (Fsp3) is 0.357. The van der Waals surface area contributed by atoms with Crippen LogP contribution in [-0.4, -0.2) is 35.8 Å². The van der Waals surface area contributed by atoms with Gasteiger partial charge in [0, 0.05) is 26.1 Å². The summed E-state index contributed by atoms with van der Waals surface area (Å²) in [6.45, 7) is 6.07. The number of nitrogens with one attached hydrogen (secondary N) is 2. The number of nitrogens with zero attached hydrogens (tertiary/aromatic N) is 1. The van der Waals surface area contributed by atoms with Crippen LogP contribution in [0.2, 0.25) is 0 Å². The molecule has 0 saturated carbocycles. The predicted octanol–water partition coefficient (Wildman–Crippen LogP) is 4.64. The number of carbonyl (C=O) groups excluding carboxylic acids is 2. The molecule has 34 heavy (non-hydrogen) atoms. The highest BCUT2D eigenvalue weighted by Crippen LogP contribution is 2.18. The van der Waals surface area contributed by atoms with Gasteiger partial charge in [0.15, 0.2) is 0 Å². The number of thiophene rings is 1. The molecule has 0 radical (unpaired) electrons. The SMILES string of the molecule is CC1CCCN(Cc2ccc(CNC(=O)C(Cc3ccccc3)NC(=O)c3cccs3)cc2)C1. The molecule has 3 aromatic rings. The number of amides is 2. The number of carbonyl (C=O) groups is 2. The van der Waals surface area contributed by atoms with E-state index in [1.807, 2.05) is 41.8 Å². The van der Waals surface area contributed by atoms with E-state index in [-0.39, 0.29) is 11.8 Å². The molecule has 0 spiro atoms. The van der Waals surface area contributed by atoms with Crippen LogP contribution in [0.5, 0.6) is 0 Å². The molecular weight excluding hydrogens is 442 g/mol. The van der Waals surface area contributed by atoms with Crippen molar-refractivity contribution < 1.29 is 9.59 Å². The van der Waals surface area contributed by atoms with Crippen molar-refractivity contribution in [1.82, 2.24) is 15.5 Å². The summed E-state index contributed by atoms with van der Waals surface area (Å²) in [6, 6.07) is 21.2. The van der Waals surface area contributed by atoms with Gasteiger partial charge in [-0.25, -0.2) is 0 Å². The topological polar surface area (TPSA) is 61.4 Å². The Labute approximate surface area is 206 Å². The Kier molecular flexibility index (Phi) is 8.50. The van der Waals surface area contributed by atoms with Crippen LogP contribution in [0, 0.1) is 5.92 Å². The second-order valence-corrected chi connectivity index (χ2v) is 10.2. The van der Waals surface area contributed by atoms with Crippen LogP contribution in [-0.2, 0) is 24.3 Å². The highest BCUT2D eigenvalue weighted by atomic mass is 32.1. The molecule has 2 atom stereocenters. The molecule has 178 valence electrons. The third kappa shape index (κ3) is 7.02. The molecule has 2 unspecified atom stereocenters. The normalized spacial score (nSPS) is 17.1. The molecule has 1 aliphatic rings. The van der Waals surface area contributed by atoms with Crippen molar-refractivity contribution in [3.63, 3.8) is 0 Å². The molecule has 2 aromatic carbocycles. The van der Waals surface area contributed by atoms with Gasteiger partial charge < -0.3 is 10.6 Å². The predicted molar refractivity (Wildman–Crippen MR) is 138 cm³/mol. The van der Waals surface area contributed by atoms with Crippen LogP contribution in [0.1, 0.15) is 46.1 Å². The minimum absolute atomic E-state index is 0.180. The molecule has 4 rings (SSSR count). The zero-order chi connectivity index (χ0) is 23.8. The highest BCUT2D eigenvalue weighted by Gasteiger charge is 2.22. The summed E-state index contributed by atoms with van der Waals surface area (Å²) < 4.78 is 0. The van der Waals surface area contributed by atoms with E-state index in [1.165, 1.54) is 36.3 Å². The smallest absolute Gasteiger partial charge is 0.262 e. The summed E-state index contributed by atoms with van der Waals surface area (Å²) in [4.78, 5) is 28.8. The quantitative estimate of drug-likeness (QED) is 0.474. The second kappa shape index (κ2) is 12.0. The number of rotatable bonds is 9.